The molecule has 0 fully saturated rings. The number of aryl methyl sites for hydroxylation is 1. The molecule has 1 aromatic carbocycles. The van der Waals surface area contributed by atoms with Crippen LogP contribution < -0.4 is 0 Å². The summed E-state index contributed by atoms with van der Waals surface area (Å²) in [6.07, 6.45) is 0. The molecule has 0 atom stereocenters. The Morgan fingerprint density at radius 2 is 2.05 bits per heavy atom. The molecule has 4 nitrogen and oxygen atoms in total. The van der Waals surface area contributed by atoms with E-state index in [9.17, 15) is 9.59 Å². The summed E-state index contributed by atoms with van der Waals surface area (Å²) < 4.78 is 4.59. The molecule has 0 bridgehead atoms. The second kappa shape index (κ2) is 5.18. The quantitative estimate of drug-likeness (QED) is 0.457. The first kappa shape index (κ1) is 13.6. The summed E-state index contributed by atoms with van der Waals surface area (Å²) in [4.78, 5) is 28.2. The number of hydrogen-bond acceptors (Lipinski definition) is 4. The lowest BCUT2D eigenvalue weighted by Gasteiger charge is -2.01. The SMILES string of the molecule is COC(=O)C(=O)c1c(-c2cccs2)[nH]c2ccc(C)cc12. The van der Waals surface area contributed by atoms with Gasteiger partial charge in [-0.15, -0.1) is 11.3 Å². The van der Waals surface area contributed by atoms with Gasteiger partial charge in [-0.1, -0.05) is 17.7 Å². The average molecular weight is 299 g/mol. The number of ketones is 1. The van der Waals surface area contributed by atoms with Crippen molar-refractivity contribution in [3.8, 4) is 10.6 Å². The average Bonchev–Trinajstić information content (AvgIpc) is 3.12. The summed E-state index contributed by atoms with van der Waals surface area (Å²) in [6.45, 7) is 1.95. The van der Waals surface area contributed by atoms with Crippen molar-refractivity contribution in [3.05, 3.63) is 46.8 Å². The monoisotopic (exact) mass is 299 g/mol. The Hall–Kier alpha value is -2.40. The molecular formula is C16H13NO3S. The Kier molecular flexibility index (Phi) is 3.35. The molecule has 5 heteroatoms. The lowest BCUT2D eigenvalue weighted by Crippen LogP contribution is -2.16. The number of ether oxygens (including phenoxy) is 1. The second-order valence-corrected chi connectivity index (χ2v) is 5.67. The van der Waals surface area contributed by atoms with Crippen LogP contribution in [0.15, 0.2) is 35.7 Å². The van der Waals surface area contributed by atoms with Crippen molar-refractivity contribution in [1.82, 2.24) is 4.98 Å². The minimum atomic E-state index is -0.852. The van der Waals surface area contributed by atoms with Crippen LogP contribution in [0.2, 0.25) is 0 Å². The maximum Gasteiger partial charge on any atom is 0.379 e. The van der Waals surface area contributed by atoms with Crippen molar-refractivity contribution in [2.24, 2.45) is 0 Å². The number of Topliss-reactive ketones (excluding diaryl/α,β-unsaturated/α-hetero) is 1. The zero-order valence-electron chi connectivity index (χ0n) is 11.6. The first-order valence-corrected chi connectivity index (χ1v) is 7.28. The fourth-order valence-electron chi connectivity index (χ4n) is 2.34. The molecule has 3 aromatic rings. The molecule has 21 heavy (non-hydrogen) atoms. The molecule has 106 valence electrons. The van der Waals surface area contributed by atoms with E-state index in [1.165, 1.54) is 18.4 Å². The van der Waals surface area contributed by atoms with Gasteiger partial charge in [-0.25, -0.2) is 4.79 Å². The molecule has 0 saturated heterocycles. The van der Waals surface area contributed by atoms with Crippen LogP contribution in [0.5, 0.6) is 0 Å². The first-order valence-electron chi connectivity index (χ1n) is 6.40. The summed E-state index contributed by atoms with van der Waals surface area (Å²) in [6, 6.07) is 9.60. The van der Waals surface area contributed by atoms with Gasteiger partial charge in [-0.05, 0) is 30.5 Å². The van der Waals surface area contributed by atoms with E-state index in [2.05, 4.69) is 9.72 Å². The van der Waals surface area contributed by atoms with Crippen LogP contribution in [-0.2, 0) is 9.53 Å². The highest BCUT2D eigenvalue weighted by atomic mass is 32.1. The van der Waals surface area contributed by atoms with Crippen molar-refractivity contribution in [1.29, 1.82) is 0 Å². The third-order valence-electron chi connectivity index (χ3n) is 3.32. The second-order valence-electron chi connectivity index (χ2n) is 4.72. The Bertz CT molecular complexity index is 831. The van der Waals surface area contributed by atoms with Gasteiger partial charge in [0.2, 0.25) is 0 Å². The number of fused-ring (bicyclic) bond motifs is 1. The van der Waals surface area contributed by atoms with E-state index in [4.69, 9.17) is 0 Å². The van der Waals surface area contributed by atoms with Crippen molar-refractivity contribution < 1.29 is 14.3 Å². The van der Waals surface area contributed by atoms with Gasteiger partial charge in [0, 0.05) is 10.9 Å². The molecule has 0 spiro atoms. The van der Waals surface area contributed by atoms with Gasteiger partial charge >= 0.3 is 5.97 Å². The Morgan fingerprint density at radius 1 is 1.24 bits per heavy atom. The van der Waals surface area contributed by atoms with Gasteiger partial charge < -0.3 is 9.72 Å². The number of H-pyrrole nitrogens is 1. The molecule has 2 heterocycles. The van der Waals surface area contributed by atoms with E-state index < -0.39 is 11.8 Å². The van der Waals surface area contributed by atoms with E-state index in [1.54, 1.807) is 0 Å². The number of carbonyl (C=O) groups excluding carboxylic acids is 2. The highest BCUT2D eigenvalue weighted by Crippen LogP contribution is 2.33. The normalized spacial score (nSPS) is 10.8. The van der Waals surface area contributed by atoms with Gasteiger partial charge in [0.05, 0.1) is 23.2 Å². The summed E-state index contributed by atoms with van der Waals surface area (Å²) in [5.74, 6) is -1.48. The predicted octanol–water partition coefficient (Wildman–Crippen LogP) is 3.56. The van der Waals surface area contributed by atoms with E-state index in [-0.39, 0.29) is 0 Å². The van der Waals surface area contributed by atoms with Crippen LogP contribution in [-0.4, -0.2) is 23.8 Å². The zero-order valence-corrected chi connectivity index (χ0v) is 12.4. The number of methoxy groups -OCH3 is 1. The molecule has 0 saturated carbocycles. The Labute approximate surface area is 125 Å². The standard InChI is InChI=1S/C16H13NO3S/c1-9-5-6-11-10(8-9)13(15(18)16(19)20-2)14(17-11)12-4-3-7-21-12/h3-8,17H,1-2H3. The van der Waals surface area contributed by atoms with Crippen molar-refractivity contribution in [2.75, 3.05) is 7.11 Å². The van der Waals surface area contributed by atoms with E-state index >= 15 is 0 Å². The number of aromatic nitrogens is 1. The number of carbonyl (C=O) groups is 2. The molecule has 2 aromatic heterocycles. The van der Waals surface area contributed by atoms with Gasteiger partial charge in [0.15, 0.2) is 0 Å². The third kappa shape index (κ3) is 2.25. The molecule has 3 rings (SSSR count). The number of nitrogens with one attached hydrogen (secondary N) is 1. The third-order valence-corrected chi connectivity index (χ3v) is 4.21. The number of thiophene rings is 1. The fourth-order valence-corrected chi connectivity index (χ4v) is 3.07. The molecule has 0 aliphatic carbocycles. The van der Waals surface area contributed by atoms with Crippen LogP contribution in [0.25, 0.3) is 21.5 Å². The molecule has 0 aliphatic heterocycles. The number of esters is 1. The molecule has 0 amide bonds. The maximum absolute atomic E-state index is 12.4. The number of benzene rings is 1. The summed E-state index contributed by atoms with van der Waals surface area (Å²) in [5, 5.41) is 2.67. The molecular weight excluding hydrogens is 286 g/mol. The van der Waals surface area contributed by atoms with Crippen molar-refractivity contribution in [2.45, 2.75) is 6.92 Å². The van der Waals surface area contributed by atoms with Crippen molar-refractivity contribution >= 4 is 34.0 Å². The predicted molar refractivity (Wildman–Crippen MR) is 82.7 cm³/mol. The minimum absolute atomic E-state index is 0.378. The molecule has 1 N–H and O–H groups in total. The minimum Gasteiger partial charge on any atom is -0.463 e. The van der Waals surface area contributed by atoms with Crippen LogP contribution in [0.3, 0.4) is 0 Å². The van der Waals surface area contributed by atoms with Crippen molar-refractivity contribution in [3.63, 3.8) is 0 Å². The summed E-state index contributed by atoms with van der Waals surface area (Å²) >= 11 is 1.51. The van der Waals surface area contributed by atoms with Crippen LogP contribution in [0.4, 0.5) is 0 Å². The largest absolute Gasteiger partial charge is 0.463 e. The lowest BCUT2D eigenvalue weighted by molar-refractivity contribution is -0.135. The van der Waals surface area contributed by atoms with E-state index in [1.807, 2.05) is 42.6 Å². The van der Waals surface area contributed by atoms with Crippen LogP contribution in [0, 0.1) is 6.92 Å². The number of hydrogen-bond donors (Lipinski definition) is 1. The van der Waals surface area contributed by atoms with Gasteiger partial charge in [-0.2, -0.15) is 0 Å². The Morgan fingerprint density at radius 3 is 2.71 bits per heavy atom. The van der Waals surface area contributed by atoms with E-state index in [0.717, 1.165) is 21.3 Å². The highest BCUT2D eigenvalue weighted by molar-refractivity contribution is 7.13. The topological polar surface area (TPSA) is 59.2 Å². The van der Waals surface area contributed by atoms with Gasteiger partial charge in [0.25, 0.3) is 5.78 Å². The van der Waals surface area contributed by atoms with Crippen LogP contribution >= 0.6 is 11.3 Å². The summed E-state index contributed by atoms with van der Waals surface area (Å²) in [7, 11) is 1.21. The van der Waals surface area contributed by atoms with Gasteiger partial charge in [-0.3, -0.25) is 4.79 Å². The number of rotatable bonds is 3. The van der Waals surface area contributed by atoms with Crippen LogP contribution in [0.1, 0.15) is 15.9 Å². The molecule has 0 unspecified atom stereocenters. The summed E-state index contributed by atoms with van der Waals surface area (Å²) in [5.41, 5.74) is 2.90. The number of aromatic amines is 1. The highest BCUT2D eigenvalue weighted by Gasteiger charge is 2.26. The Balaban J connectivity index is 2.32. The van der Waals surface area contributed by atoms with E-state index in [0.29, 0.717) is 11.3 Å². The zero-order chi connectivity index (χ0) is 15.0. The molecule has 0 aliphatic rings. The smallest absolute Gasteiger partial charge is 0.379 e. The van der Waals surface area contributed by atoms with Gasteiger partial charge in [0.1, 0.15) is 0 Å². The molecule has 0 radical (unpaired) electrons. The maximum atomic E-state index is 12.4. The fraction of sp³-hybridized carbons (Fsp3) is 0.125. The lowest BCUT2D eigenvalue weighted by atomic mass is 10.0. The first-order chi connectivity index (χ1) is 10.1.